The molecule has 0 saturated carbocycles. The van der Waals surface area contributed by atoms with Crippen molar-refractivity contribution < 1.29 is 9.59 Å². The Hall–Kier alpha value is -1.31. The van der Waals surface area contributed by atoms with Crippen molar-refractivity contribution in [2.45, 2.75) is 6.92 Å². The van der Waals surface area contributed by atoms with E-state index in [0.717, 1.165) is 3.57 Å². The van der Waals surface area contributed by atoms with E-state index in [-0.39, 0.29) is 5.91 Å². The molecule has 0 aliphatic heterocycles. The molecule has 5 nitrogen and oxygen atoms in total. The highest BCUT2D eigenvalue weighted by molar-refractivity contribution is 14.1. The molecule has 0 aliphatic carbocycles. The van der Waals surface area contributed by atoms with E-state index in [4.69, 9.17) is 0 Å². The lowest BCUT2D eigenvalue weighted by Gasteiger charge is -2.07. The van der Waals surface area contributed by atoms with Crippen LogP contribution in [-0.2, 0) is 0 Å². The molecule has 3 N–H and O–H groups in total. The van der Waals surface area contributed by atoms with Crippen LogP contribution in [0, 0.1) is 3.57 Å². The van der Waals surface area contributed by atoms with E-state index in [9.17, 15) is 9.59 Å². The van der Waals surface area contributed by atoms with Gasteiger partial charge in [0.15, 0.2) is 0 Å². The van der Waals surface area contributed by atoms with Crippen molar-refractivity contribution in [2.75, 3.05) is 6.54 Å². The number of carbonyl (C=O) groups is 2. The number of halogens is 1. The number of hydrogen-bond donors (Lipinski definition) is 3. The molecule has 0 atom stereocenters. The van der Waals surface area contributed by atoms with Gasteiger partial charge >= 0.3 is 6.03 Å². The van der Waals surface area contributed by atoms with Crippen LogP contribution in [0.4, 0.5) is 4.79 Å². The molecule has 0 radical (unpaired) electrons. The molecule has 86 valence electrons. The maximum Gasteiger partial charge on any atom is 0.333 e. The lowest BCUT2D eigenvalue weighted by molar-refractivity contribution is 0.0936. The van der Waals surface area contributed by atoms with Crippen molar-refractivity contribution >= 4 is 34.5 Å². The summed E-state index contributed by atoms with van der Waals surface area (Å²) in [5.41, 5.74) is 5.06. The third-order valence-corrected chi connectivity index (χ3v) is 2.38. The second kappa shape index (κ2) is 6.31. The summed E-state index contributed by atoms with van der Waals surface area (Å²) in [6, 6.07) is 6.64. The monoisotopic (exact) mass is 333 g/mol. The van der Waals surface area contributed by atoms with E-state index in [1.54, 1.807) is 25.1 Å². The SMILES string of the molecule is CCNC(=O)NNC(=O)c1cccc(I)c1. The number of amides is 3. The van der Waals surface area contributed by atoms with Gasteiger partial charge in [0.1, 0.15) is 0 Å². The summed E-state index contributed by atoms with van der Waals surface area (Å²) in [7, 11) is 0. The van der Waals surface area contributed by atoms with E-state index < -0.39 is 6.03 Å². The molecule has 0 spiro atoms. The van der Waals surface area contributed by atoms with E-state index in [0.29, 0.717) is 12.1 Å². The van der Waals surface area contributed by atoms with Gasteiger partial charge in [0.2, 0.25) is 0 Å². The van der Waals surface area contributed by atoms with Crippen LogP contribution in [0.5, 0.6) is 0 Å². The molecule has 1 rings (SSSR count). The second-order valence-corrected chi connectivity index (χ2v) is 4.19. The van der Waals surface area contributed by atoms with Crippen molar-refractivity contribution in [1.82, 2.24) is 16.2 Å². The first-order chi connectivity index (χ1) is 7.63. The van der Waals surface area contributed by atoms with Crippen molar-refractivity contribution in [3.05, 3.63) is 33.4 Å². The molecule has 0 unspecified atom stereocenters. The average Bonchev–Trinajstić information content (AvgIpc) is 2.26. The van der Waals surface area contributed by atoms with E-state index in [1.165, 1.54) is 0 Å². The van der Waals surface area contributed by atoms with Crippen LogP contribution in [-0.4, -0.2) is 18.5 Å². The highest BCUT2D eigenvalue weighted by Crippen LogP contribution is 2.07. The van der Waals surface area contributed by atoms with E-state index >= 15 is 0 Å². The highest BCUT2D eigenvalue weighted by atomic mass is 127. The normalized spacial score (nSPS) is 9.38. The zero-order chi connectivity index (χ0) is 12.0. The smallest absolute Gasteiger partial charge is 0.333 e. The first kappa shape index (κ1) is 12.8. The van der Waals surface area contributed by atoms with Crippen molar-refractivity contribution in [3.63, 3.8) is 0 Å². The largest absolute Gasteiger partial charge is 0.337 e. The minimum Gasteiger partial charge on any atom is -0.337 e. The zero-order valence-electron chi connectivity index (χ0n) is 8.71. The van der Waals surface area contributed by atoms with Crippen molar-refractivity contribution in [1.29, 1.82) is 0 Å². The van der Waals surface area contributed by atoms with Gasteiger partial charge in [0.05, 0.1) is 0 Å². The van der Waals surface area contributed by atoms with E-state index in [2.05, 4.69) is 38.8 Å². The lowest BCUT2D eigenvalue weighted by atomic mass is 10.2. The fourth-order valence-corrected chi connectivity index (χ4v) is 1.56. The van der Waals surface area contributed by atoms with Crippen LogP contribution in [0.3, 0.4) is 0 Å². The van der Waals surface area contributed by atoms with Gasteiger partial charge in [-0.05, 0) is 47.7 Å². The summed E-state index contributed by atoms with van der Waals surface area (Å²) in [5.74, 6) is -0.343. The molecule has 6 heteroatoms. The van der Waals surface area contributed by atoms with E-state index in [1.807, 2.05) is 6.07 Å². The Bertz CT molecular complexity index is 395. The second-order valence-electron chi connectivity index (χ2n) is 2.95. The summed E-state index contributed by atoms with van der Waals surface area (Å²) in [5, 5.41) is 2.50. The Kier molecular flexibility index (Phi) is 5.03. The van der Waals surface area contributed by atoms with Crippen molar-refractivity contribution in [3.8, 4) is 0 Å². The Morgan fingerprint density at radius 1 is 1.31 bits per heavy atom. The molecular formula is C10H12IN3O2. The number of benzene rings is 1. The predicted octanol–water partition coefficient (Wildman–Crippen LogP) is 1.26. The summed E-state index contributed by atoms with van der Waals surface area (Å²) >= 11 is 2.11. The number of nitrogens with one attached hydrogen (secondary N) is 3. The van der Waals surface area contributed by atoms with Crippen LogP contribution in [0.2, 0.25) is 0 Å². The molecule has 1 aromatic carbocycles. The van der Waals surface area contributed by atoms with Crippen LogP contribution in [0.1, 0.15) is 17.3 Å². The fourth-order valence-electron chi connectivity index (χ4n) is 1.02. The first-order valence-corrected chi connectivity index (χ1v) is 5.81. The molecule has 0 saturated heterocycles. The average molecular weight is 333 g/mol. The molecule has 0 aliphatic rings. The quantitative estimate of drug-likeness (QED) is 0.563. The maximum absolute atomic E-state index is 11.5. The Morgan fingerprint density at radius 3 is 2.69 bits per heavy atom. The van der Waals surface area contributed by atoms with Gasteiger partial charge < -0.3 is 5.32 Å². The number of urea groups is 1. The van der Waals surface area contributed by atoms with Crippen LogP contribution >= 0.6 is 22.6 Å². The van der Waals surface area contributed by atoms with Crippen LogP contribution < -0.4 is 16.2 Å². The summed E-state index contributed by atoms with van der Waals surface area (Å²) in [4.78, 5) is 22.6. The van der Waals surface area contributed by atoms with Gasteiger partial charge in [-0.1, -0.05) is 6.07 Å². The van der Waals surface area contributed by atoms with Gasteiger partial charge in [-0.25, -0.2) is 10.2 Å². The predicted molar refractivity (Wildman–Crippen MR) is 68.8 cm³/mol. The lowest BCUT2D eigenvalue weighted by Crippen LogP contribution is -2.46. The highest BCUT2D eigenvalue weighted by Gasteiger charge is 2.06. The molecular weight excluding hydrogens is 321 g/mol. The zero-order valence-corrected chi connectivity index (χ0v) is 10.9. The Labute approximate surface area is 107 Å². The molecule has 3 amide bonds. The number of rotatable bonds is 2. The van der Waals surface area contributed by atoms with Crippen LogP contribution in [0.25, 0.3) is 0 Å². The topological polar surface area (TPSA) is 70.2 Å². The molecule has 0 heterocycles. The third-order valence-electron chi connectivity index (χ3n) is 1.71. The first-order valence-electron chi connectivity index (χ1n) is 4.73. The maximum atomic E-state index is 11.5. The standard InChI is InChI=1S/C10H12IN3O2/c1-2-12-10(16)14-13-9(15)7-4-3-5-8(11)6-7/h3-6H,2H2,1H3,(H,13,15)(H2,12,14,16). The van der Waals surface area contributed by atoms with Gasteiger partial charge in [-0.2, -0.15) is 0 Å². The Balaban J connectivity index is 2.50. The summed E-state index contributed by atoms with van der Waals surface area (Å²) in [6.07, 6.45) is 0. The molecule has 0 fully saturated rings. The molecule has 16 heavy (non-hydrogen) atoms. The van der Waals surface area contributed by atoms with Crippen molar-refractivity contribution in [2.24, 2.45) is 0 Å². The van der Waals surface area contributed by atoms with Gasteiger partial charge in [0, 0.05) is 15.7 Å². The fraction of sp³-hybridized carbons (Fsp3) is 0.200. The summed E-state index contributed by atoms with van der Waals surface area (Å²) < 4.78 is 0.961. The van der Waals surface area contributed by atoms with Gasteiger partial charge in [-0.3, -0.25) is 10.2 Å². The number of hydrogen-bond acceptors (Lipinski definition) is 2. The molecule has 1 aromatic rings. The van der Waals surface area contributed by atoms with Crippen LogP contribution in [0.15, 0.2) is 24.3 Å². The number of carbonyl (C=O) groups excluding carboxylic acids is 2. The third kappa shape index (κ3) is 4.05. The van der Waals surface area contributed by atoms with Gasteiger partial charge in [-0.15, -0.1) is 0 Å². The summed E-state index contributed by atoms with van der Waals surface area (Å²) in [6.45, 7) is 2.30. The minimum absolute atomic E-state index is 0.343. The molecule has 0 bridgehead atoms. The number of hydrazine groups is 1. The van der Waals surface area contributed by atoms with Gasteiger partial charge in [0.25, 0.3) is 5.91 Å². The minimum atomic E-state index is -0.429. The molecule has 0 aromatic heterocycles. The Morgan fingerprint density at radius 2 is 2.06 bits per heavy atom.